The van der Waals surface area contributed by atoms with Crippen molar-refractivity contribution in [1.29, 1.82) is 0 Å². The molecule has 1 unspecified atom stereocenters. The van der Waals surface area contributed by atoms with E-state index < -0.39 is 0 Å². The fourth-order valence-electron chi connectivity index (χ4n) is 3.08. The van der Waals surface area contributed by atoms with Crippen molar-refractivity contribution in [3.8, 4) is 0 Å². The van der Waals surface area contributed by atoms with Crippen LogP contribution >= 0.6 is 23.2 Å². The molecule has 108 valence electrons. The molecule has 2 saturated heterocycles. The number of hydrogen-bond donors (Lipinski definition) is 0. The Morgan fingerprint density at radius 2 is 2.05 bits per heavy atom. The average Bonchev–Trinajstić information content (AvgIpc) is 3.05. The van der Waals surface area contributed by atoms with Crippen LogP contribution < -0.4 is 0 Å². The second-order valence-electron chi connectivity index (χ2n) is 5.74. The van der Waals surface area contributed by atoms with Crippen molar-refractivity contribution in [2.45, 2.75) is 19.3 Å². The van der Waals surface area contributed by atoms with E-state index in [4.69, 9.17) is 27.9 Å². The number of halogens is 2. The SMILES string of the molecule is O=C(Cc1c(Cl)cccc1Cl)N1CCC2(CCOC2)C1. The van der Waals surface area contributed by atoms with Crippen LogP contribution in [0.5, 0.6) is 0 Å². The van der Waals surface area contributed by atoms with Gasteiger partial charge in [-0.3, -0.25) is 4.79 Å². The summed E-state index contributed by atoms with van der Waals surface area (Å²) in [6.45, 7) is 3.21. The van der Waals surface area contributed by atoms with Crippen LogP contribution in [0.2, 0.25) is 10.0 Å². The number of likely N-dealkylation sites (tertiary alicyclic amines) is 1. The normalized spacial score (nSPS) is 25.6. The number of benzene rings is 1. The molecular formula is C15H17Cl2NO2. The summed E-state index contributed by atoms with van der Waals surface area (Å²) >= 11 is 12.3. The third-order valence-corrected chi connectivity index (χ3v) is 5.07. The fraction of sp³-hybridized carbons (Fsp3) is 0.533. The zero-order chi connectivity index (χ0) is 14.2. The first kappa shape index (κ1) is 14.2. The van der Waals surface area contributed by atoms with E-state index in [1.807, 2.05) is 4.90 Å². The Morgan fingerprint density at radius 1 is 1.30 bits per heavy atom. The molecule has 2 heterocycles. The number of ether oxygens (including phenoxy) is 1. The third kappa shape index (κ3) is 2.67. The van der Waals surface area contributed by atoms with Gasteiger partial charge in [-0.2, -0.15) is 0 Å². The first-order valence-electron chi connectivity index (χ1n) is 6.88. The van der Waals surface area contributed by atoms with E-state index >= 15 is 0 Å². The minimum absolute atomic E-state index is 0.101. The van der Waals surface area contributed by atoms with Gasteiger partial charge in [-0.1, -0.05) is 29.3 Å². The molecule has 2 aliphatic heterocycles. The second-order valence-corrected chi connectivity index (χ2v) is 6.56. The molecule has 0 radical (unpaired) electrons. The molecule has 1 aromatic carbocycles. The maximum atomic E-state index is 12.4. The Bertz CT molecular complexity index is 506. The Hall–Kier alpha value is -0.770. The van der Waals surface area contributed by atoms with Crippen molar-refractivity contribution in [3.05, 3.63) is 33.8 Å². The molecule has 2 aliphatic rings. The van der Waals surface area contributed by atoms with Crippen molar-refractivity contribution in [1.82, 2.24) is 4.90 Å². The number of nitrogens with zero attached hydrogens (tertiary/aromatic N) is 1. The van der Waals surface area contributed by atoms with Crippen LogP contribution in [-0.2, 0) is 16.0 Å². The lowest BCUT2D eigenvalue weighted by atomic mass is 9.87. The van der Waals surface area contributed by atoms with Gasteiger partial charge in [0.15, 0.2) is 0 Å². The molecule has 0 aliphatic carbocycles. The highest BCUT2D eigenvalue weighted by molar-refractivity contribution is 6.36. The van der Waals surface area contributed by atoms with Crippen LogP contribution in [0.3, 0.4) is 0 Å². The van der Waals surface area contributed by atoms with Crippen molar-refractivity contribution in [2.75, 3.05) is 26.3 Å². The van der Waals surface area contributed by atoms with E-state index in [1.165, 1.54) is 0 Å². The Morgan fingerprint density at radius 3 is 2.70 bits per heavy atom. The van der Waals surface area contributed by atoms with Gasteiger partial charge in [0.2, 0.25) is 5.91 Å². The van der Waals surface area contributed by atoms with E-state index in [1.54, 1.807) is 18.2 Å². The van der Waals surface area contributed by atoms with Gasteiger partial charge in [-0.05, 0) is 30.5 Å². The molecule has 1 aromatic rings. The summed E-state index contributed by atoms with van der Waals surface area (Å²) in [5, 5.41) is 1.12. The fourth-order valence-corrected chi connectivity index (χ4v) is 3.61. The zero-order valence-electron chi connectivity index (χ0n) is 11.2. The monoisotopic (exact) mass is 313 g/mol. The summed E-state index contributed by atoms with van der Waals surface area (Å²) in [7, 11) is 0. The minimum Gasteiger partial charge on any atom is -0.381 e. The topological polar surface area (TPSA) is 29.5 Å². The average molecular weight is 314 g/mol. The molecule has 1 amide bonds. The molecule has 1 spiro atoms. The summed E-state index contributed by atoms with van der Waals surface area (Å²) in [6, 6.07) is 5.33. The van der Waals surface area contributed by atoms with Crippen molar-refractivity contribution >= 4 is 29.1 Å². The second kappa shape index (κ2) is 5.55. The highest BCUT2D eigenvalue weighted by Gasteiger charge is 2.42. The third-order valence-electron chi connectivity index (χ3n) is 4.37. The van der Waals surface area contributed by atoms with Crippen LogP contribution in [0, 0.1) is 5.41 Å². The highest BCUT2D eigenvalue weighted by Crippen LogP contribution is 2.38. The van der Waals surface area contributed by atoms with Gasteiger partial charge in [0.1, 0.15) is 0 Å². The number of amides is 1. The first-order chi connectivity index (χ1) is 9.60. The molecule has 3 rings (SSSR count). The number of rotatable bonds is 2. The van der Waals surface area contributed by atoms with E-state index in [-0.39, 0.29) is 17.7 Å². The number of hydrogen-bond acceptors (Lipinski definition) is 2. The Kier molecular flexibility index (Phi) is 3.93. The summed E-state index contributed by atoms with van der Waals surface area (Å²) < 4.78 is 5.49. The Labute approximate surface area is 128 Å². The number of carbonyl (C=O) groups excluding carboxylic acids is 1. The van der Waals surface area contributed by atoms with Crippen LogP contribution in [0.25, 0.3) is 0 Å². The molecule has 0 N–H and O–H groups in total. The molecule has 2 fully saturated rings. The zero-order valence-corrected chi connectivity index (χ0v) is 12.7. The van der Waals surface area contributed by atoms with Crippen LogP contribution in [0.1, 0.15) is 18.4 Å². The summed E-state index contributed by atoms with van der Waals surface area (Å²) in [4.78, 5) is 14.4. The molecule has 20 heavy (non-hydrogen) atoms. The maximum absolute atomic E-state index is 12.4. The summed E-state index contributed by atoms with van der Waals surface area (Å²) in [6.07, 6.45) is 2.37. The molecule has 1 atom stereocenters. The molecule has 3 nitrogen and oxygen atoms in total. The largest absolute Gasteiger partial charge is 0.381 e. The van der Waals surface area contributed by atoms with Crippen molar-refractivity contribution in [2.24, 2.45) is 5.41 Å². The minimum atomic E-state index is 0.101. The quantitative estimate of drug-likeness (QED) is 0.839. The van der Waals surface area contributed by atoms with E-state index in [0.717, 1.165) is 44.7 Å². The van der Waals surface area contributed by atoms with Gasteiger partial charge >= 0.3 is 0 Å². The Balaban J connectivity index is 1.68. The summed E-state index contributed by atoms with van der Waals surface area (Å²) in [5.41, 5.74) is 0.921. The van der Waals surface area contributed by atoms with Gasteiger partial charge in [0.25, 0.3) is 0 Å². The predicted octanol–water partition coefficient (Wildman–Crippen LogP) is 3.17. The lowest BCUT2D eigenvalue weighted by Crippen LogP contribution is -2.33. The first-order valence-corrected chi connectivity index (χ1v) is 7.64. The van der Waals surface area contributed by atoms with Gasteiger partial charge in [0.05, 0.1) is 13.0 Å². The molecule has 0 bridgehead atoms. The van der Waals surface area contributed by atoms with Gasteiger partial charge in [-0.25, -0.2) is 0 Å². The van der Waals surface area contributed by atoms with Gasteiger partial charge in [-0.15, -0.1) is 0 Å². The van der Waals surface area contributed by atoms with Gasteiger partial charge in [0, 0.05) is 35.2 Å². The van der Waals surface area contributed by atoms with Crippen molar-refractivity contribution < 1.29 is 9.53 Å². The van der Waals surface area contributed by atoms with E-state index in [0.29, 0.717) is 10.0 Å². The van der Waals surface area contributed by atoms with Gasteiger partial charge < -0.3 is 9.64 Å². The van der Waals surface area contributed by atoms with E-state index in [2.05, 4.69) is 0 Å². The highest BCUT2D eigenvalue weighted by atomic mass is 35.5. The van der Waals surface area contributed by atoms with Crippen LogP contribution in [0.15, 0.2) is 18.2 Å². The lowest BCUT2D eigenvalue weighted by molar-refractivity contribution is -0.129. The molecule has 0 aromatic heterocycles. The smallest absolute Gasteiger partial charge is 0.227 e. The van der Waals surface area contributed by atoms with E-state index in [9.17, 15) is 4.79 Å². The van der Waals surface area contributed by atoms with Crippen LogP contribution in [0.4, 0.5) is 0 Å². The number of carbonyl (C=O) groups is 1. The maximum Gasteiger partial charge on any atom is 0.227 e. The standard InChI is InChI=1S/C15H17Cl2NO2/c16-12-2-1-3-13(17)11(12)8-14(19)18-6-4-15(9-18)5-7-20-10-15/h1-3H,4-10H2. The molecular weight excluding hydrogens is 297 g/mol. The lowest BCUT2D eigenvalue weighted by Gasteiger charge is -2.22. The predicted molar refractivity (Wildman–Crippen MR) is 79.2 cm³/mol. The summed E-state index contributed by atoms with van der Waals surface area (Å²) in [5.74, 6) is 0.101. The van der Waals surface area contributed by atoms with Crippen LogP contribution in [-0.4, -0.2) is 37.1 Å². The molecule has 5 heteroatoms. The molecule has 0 saturated carbocycles. The van der Waals surface area contributed by atoms with Crippen molar-refractivity contribution in [3.63, 3.8) is 0 Å².